The number of azide groups is 1. The molecule has 0 aliphatic rings. The molecule has 0 fully saturated rings. The van der Waals surface area contributed by atoms with Gasteiger partial charge in [0.1, 0.15) is 5.60 Å². The molecule has 0 saturated heterocycles. The normalized spacial score (nSPS) is 11.4. The van der Waals surface area contributed by atoms with Crippen molar-refractivity contribution in [2.24, 2.45) is 5.11 Å². The molecule has 1 amide bonds. The monoisotopic (exact) mass is 666 g/mol. The molecular formula is C30H58N4O12. The second kappa shape index (κ2) is 34.2. The van der Waals surface area contributed by atoms with E-state index in [-0.39, 0.29) is 11.9 Å². The molecule has 0 rings (SSSR count). The molecule has 1 N–H and O–H groups in total. The number of hydrogen-bond donors (Lipinski definition) is 1. The molecule has 0 atom stereocenters. The molecule has 0 spiro atoms. The Hall–Kier alpha value is -2.11. The van der Waals surface area contributed by atoms with Crippen LogP contribution in [0, 0.1) is 0 Å². The minimum Gasteiger partial charge on any atom is -0.460 e. The van der Waals surface area contributed by atoms with Crippen molar-refractivity contribution in [3.63, 3.8) is 0 Å². The second-order valence-corrected chi connectivity index (χ2v) is 10.6. The van der Waals surface area contributed by atoms with Crippen molar-refractivity contribution in [3.8, 4) is 0 Å². The van der Waals surface area contributed by atoms with Crippen LogP contribution in [-0.4, -0.2) is 149 Å². The summed E-state index contributed by atoms with van der Waals surface area (Å²) in [5.74, 6) is -0.290. The maximum absolute atomic E-state index is 11.8. The van der Waals surface area contributed by atoms with E-state index >= 15 is 0 Å². The lowest BCUT2D eigenvalue weighted by molar-refractivity contribution is -0.155. The van der Waals surface area contributed by atoms with Crippen molar-refractivity contribution >= 4 is 11.9 Å². The van der Waals surface area contributed by atoms with Crippen LogP contribution in [0.2, 0.25) is 0 Å². The van der Waals surface area contributed by atoms with Crippen molar-refractivity contribution < 1.29 is 57.0 Å². The largest absolute Gasteiger partial charge is 0.460 e. The number of esters is 1. The fraction of sp³-hybridized carbons (Fsp3) is 0.933. The maximum Gasteiger partial charge on any atom is 0.306 e. The SMILES string of the molecule is CC(C)(C)OC(=O)CCCCC(=O)NCCOCCOCCOCCOCCOCCOCCOCCOCCOCCN=[N+]=[N-]. The van der Waals surface area contributed by atoms with Crippen molar-refractivity contribution in [1.29, 1.82) is 0 Å². The van der Waals surface area contributed by atoms with Gasteiger partial charge in [-0.2, -0.15) is 0 Å². The molecule has 46 heavy (non-hydrogen) atoms. The predicted molar refractivity (Wildman–Crippen MR) is 169 cm³/mol. The Balaban J connectivity index is 3.17. The van der Waals surface area contributed by atoms with Crippen LogP contribution < -0.4 is 5.32 Å². The topological polar surface area (TPSA) is 187 Å². The van der Waals surface area contributed by atoms with E-state index in [0.29, 0.717) is 158 Å². The number of ether oxygens (including phenoxy) is 10. The van der Waals surface area contributed by atoms with E-state index in [1.54, 1.807) is 0 Å². The number of nitrogens with zero attached hydrogens (tertiary/aromatic N) is 3. The molecular weight excluding hydrogens is 608 g/mol. The highest BCUT2D eigenvalue weighted by atomic mass is 16.6. The molecule has 0 aromatic carbocycles. The van der Waals surface area contributed by atoms with Gasteiger partial charge in [0.25, 0.3) is 0 Å². The Bertz CT molecular complexity index is 752. The van der Waals surface area contributed by atoms with Gasteiger partial charge in [0.2, 0.25) is 5.91 Å². The zero-order chi connectivity index (χ0) is 33.8. The van der Waals surface area contributed by atoms with Gasteiger partial charge in [-0.1, -0.05) is 5.11 Å². The third-order valence-electron chi connectivity index (χ3n) is 5.40. The van der Waals surface area contributed by atoms with Crippen molar-refractivity contribution in [3.05, 3.63) is 10.4 Å². The minimum atomic E-state index is -0.481. The summed E-state index contributed by atoms with van der Waals surface area (Å²) in [7, 11) is 0. The van der Waals surface area contributed by atoms with E-state index in [1.807, 2.05) is 20.8 Å². The first-order valence-corrected chi connectivity index (χ1v) is 16.0. The number of nitrogens with one attached hydrogen (secondary N) is 1. The van der Waals surface area contributed by atoms with E-state index < -0.39 is 5.60 Å². The molecule has 0 unspecified atom stereocenters. The lowest BCUT2D eigenvalue weighted by atomic mass is 10.1. The van der Waals surface area contributed by atoms with Gasteiger partial charge < -0.3 is 52.7 Å². The molecule has 16 heteroatoms. The minimum absolute atomic E-state index is 0.0546. The molecule has 0 heterocycles. The fourth-order valence-corrected chi connectivity index (χ4v) is 3.31. The van der Waals surface area contributed by atoms with Gasteiger partial charge in [0.05, 0.1) is 119 Å². The third-order valence-corrected chi connectivity index (χ3v) is 5.40. The first-order chi connectivity index (χ1) is 22.3. The van der Waals surface area contributed by atoms with Gasteiger partial charge in [-0.25, -0.2) is 0 Å². The highest BCUT2D eigenvalue weighted by Gasteiger charge is 2.15. The molecule has 0 radical (unpaired) electrons. The predicted octanol–water partition coefficient (Wildman–Crippen LogP) is 2.46. The lowest BCUT2D eigenvalue weighted by Gasteiger charge is -2.19. The summed E-state index contributed by atoms with van der Waals surface area (Å²) in [4.78, 5) is 26.1. The van der Waals surface area contributed by atoms with Crippen LogP contribution in [0.5, 0.6) is 0 Å². The van der Waals surface area contributed by atoms with Gasteiger partial charge in [0.15, 0.2) is 0 Å². The van der Waals surface area contributed by atoms with Crippen LogP contribution in [0.4, 0.5) is 0 Å². The molecule has 0 saturated carbocycles. The maximum atomic E-state index is 11.8. The number of rotatable bonds is 35. The highest BCUT2D eigenvalue weighted by molar-refractivity contribution is 5.76. The van der Waals surface area contributed by atoms with Gasteiger partial charge in [0, 0.05) is 30.8 Å². The number of carbonyl (C=O) groups is 2. The molecule has 270 valence electrons. The standard InChI is InChI=1S/C30H58N4O12/c1-30(2,3)46-29(36)7-5-4-6-28(35)32-8-10-37-12-14-39-16-18-41-20-22-43-24-26-45-27-25-44-23-21-42-19-17-40-15-13-38-11-9-33-34-31/h4-27H2,1-3H3,(H,32,35). The van der Waals surface area contributed by atoms with E-state index in [0.717, 1.165) is 0 Å². The first-order valence-electron chi connectivity index (χ1n) is 16.0. The van der Waals surface area contributed by atoms with Crippen molar-refractivity contribution in [2.45, 2.75) is 52.1 Å². The van der Waals surface area contributed by atoms with Gasteiger partial charge >= 0.3 is 5.97 Å². The summed E-state index contributed by atoms with van der Waals surface area (Å²) in [5, 5.41) is 6.17. The Kier molecular flexibility index (Phi) is 32.7. The van der Waals surface area contributed by atoms with Crippen LogP contribution in [0.15, 0.2) is 5.11 Å². The van der Waals surface area contributed by atoms with Gasteiger partial charge in [-0.05, 0) is 39.1 Å². The Morgan fingerprint density at radius 1 is 0.565 bits per heavy atom. The Morgan fingerprint density at radius 3 is 1.28 bits per heavy atom. The Labute approximate surface area is 273 Å². The third kappa shape index (κ3) is 38.1. The number of amides is 1. The van der Waals surface area contributed by atoms with Crippen molar-refractivity contribution in [1.82, 2.24) is 5.32 Å². The van der Waals surface area contributed by atoms with Gasteiger partial charge in [-0.15, -0.1) is 0 Å². The molecule has 16 nitrogen and oxygen atoms in total. The number of hydrogen-bond acceptors (Lipinski definition) is 13. The average Bonchev–Trinajstić information content (AvgIpc) is 3.01. The van der Waals surface area contributed by atoms with Crippen LogP contribution in [0.3, 0.4) is 0 Å². The highest BCUT2D eigenvalue weighted by Crippen LogP contribution is 2.10. The molecule has 0 aromatic heterocycles. The summed E-state index contributed by atoms with van der Waals surface area (Å²) in [5.41, 5.74) is 7.65. The van der Waals surface area contributed by atoms with E-state index in [9.17, 15) is 9.59 Å². The molecule has 0 aromatic rings. The molecule has 0 bridgehead atoms. The number of unbranched alkanes of at least 4 members (excludes halogenated alkanes) is 1. The lowest BCUT2D eigenvalue weighted by Crippen LogP contribution is -2.27. The summed E-state index contributed by atoms with van der Waals surface area (Å²) in [6, 6.07) is 0. The van der Waals surface area contributed by atoms with Crippen LogP contribution >= 0.6 is 0 Å². The summed E-state index contributed by atoms with van der Waals surface area (Å²) >= 11 is 0. The smallest absolute Gasteiger partial charge is 0.306 e. The van der Waals surface area contributed by atoms with Crippen LogP contribution in [-0.2, 0) is 57.0 Å². The van der Waals surface area contributed by atoms with Crippen LogP contribution in [0.1, 0.15) is 46.5 Å². The van der Waals surface area contributed by atoms with Gasteiger partial charge in [-0.3, -0.25) is 9.59 Å². The molecule has 0 aliphatic heterocycles. The Morgan fingerprint density at radius 2 is 0.913 bits per heavy atom. The summed E-state index contributed by atoms with van der Waals surface area (Å²) in [6.07, 6.45) is 1.96. The van der Waals surface area contributed by atoms with E-state index in [1.165, 1.54) is 0 Å². The summed E-state index contributed by atoms with van der Waals surface area (Å²) in [6.45, 7) is 14.6. The average molecular weight is 667 g/mol. The number of carbonyl (C=O) groups excluding carboxylic acids is 2. The zero-order valence-electron chi connectivity index (χ0n) is 28.2. The first kappa shape index (κ1) is 43.9. The second-order valence-electron chi connectivity index (χ2n) is 10.6. The van der Waals surface area contributed by atoms with Crippen molar-refractivity contribution in [2.75, 3.05) is 132 Å². The van der Waals surface area contributed by atoms with Crippen LogP contribution in [0.25, 0.3) is 10.4 Å². The van der Waals surface area contributed by atoms with E-state index in [4.69, 9.17) is 52.9 Å². The fourth-order valence-electron chi connectivity index (χ4n) is 3.31. The quantitative estimate of drug-likeness (QED) is 0.0343. The molecule has 0 aliphatic carbocycles. The zero-order valence-corrected chi connectivity index (χ0v) is 28.2. The summed E-state index contributed by atoms with van der Waals surface area (Å²) < 4.78 is 53.9. The van der Waals surface area contributed by atoms with E-state index in [2.05, 4.69) is 15.3 Å².